The van der Waals surface area contributed by atoms with E-state index < -0.39 is 10.0 Å². The third-order valence-electron chi connectivity index (χ3n) is 4.35. The fraction of sp³-hybridized carbons (Fsp3) is 0.381. The average molecular weight is 389 g/mol. The van der Waals surface area contributed by atoms with Crippen molar-refractivity contribution < 1.29 is 13.2 Å². The quantitative estimate of drug-likeness (QED) is 0.629. The number of unbranched alkanes of at least 4 members (excludes halogenated alkanes) is 2. The highest BCUT2D eigenvalue weighted by molar-refractivity contribution is 7.89. The molecule has 1 amide bonds. The Hall–Kier alpha value is -2.18. The van der Waals surface area contributed by atoms with Gasteiger partial charge in [0.15, 0.2) is 0 Å². The summed E-state index contributed by atoms with van der Waals surface area (Å²) >= 11 is 0. The van der Waals surface area contributed by atoms with Crippen LogP contribution in [0, 0.1) is 0 Å². The summed E-state index contributed by atoms with van der Waals surface area (Å²) in [6, 6.07) is 16.0. The van der Waals surface area contributed by atoms with Crippen LogP contribution in [-0.2, 0) is 16.6 Å². The smallest absolute Gasteiger partial charge is 0.254 e. The van der Waals surface area contributed by atoms with Crippen LogP contribution in [0.4, 0.5) is 0 Å². The molecule has 146 valence electrons. The van der Waals surface area contributed by atoms with Crippen molar-refractivity contribution in [3.63, 3.8) is 0 Å². The average Bonchev–Trinajstić information content (AvgIpc) is 2.70. The predicted octanol–water partition coefficient (Wildman–Crippen LogP) is 3.82. The molecule has 0 aliphatic carbocycles. The summed E-state index contributed by atoms with van der Waals surface area (Å²) < 4.78 is 27.5. The predicted molar refractivity (Wildman–Crippen MR) is 108 cm³/mol. The Labute approximate surface area is 162 Å². The number of hydrogen-bond acceptors (Lipinski definition) is 3. The first-order valence-corrected chi connectivity index (χ1v) is 10.9. The fourth-order valence-electron chi connectivity index (χ4n) is 2.77. The molecule has 2 rings (SSSR count). The lowest BCUT2D eigenvalue weighted by molar-refractivity contribution is 0.0752. The van der Waals surface area contributed by atoms with Gasteiger partial charge in [-0.15, -0.1) is 0 Å². The summed E-state index contributed by atoms with van der Waals surface area (Å²) in [6.07, 6.45) is 2.81. The first-order chi connectivity index (χ1) is 13.0. The molecule has 27 heavy (non-hydrogen) atoms. The van der Waals surface area contributed by atoms with Gasteiger partial charge in [0.25, 0.3) is 5.91 Å². The summed E-state index contributed by atoms with van der Waals surface area (Å²) in [5.41, 5.74) is 1.42. The van der Waals surface area contributed by atoms with Gasteiger partial charge in [0.05, 0.1) is 4.90 Å². The van der Waals surface area contributed by atoms with Gasteiger partial charge in [0, 0.05) is 25.2 Å². The maximum absolute atomic E-state index is 12.9. The van der Waals surface area contributed by atoms with Gasteiger partial charge in [-0.05, 0) is 37.1 Å². The van der Waals surface area contributed by atoms with Crippen molar-refractivity contribution in [3.8, 4) is 0 Å². The zero-order valence-corrected chi connectivity index (χ0v) is 16.8. The molecule has 0 heterocycles. The molecule has 2 aromatic carbocycles. The topological polar surface area (TPSA) is 66.5 Å². The molecule has 0 aliphatic heterocycles. The van der Waals surface area contributed by atoms with Gasteiger partial charge in [-0.3, -0.25) is 4.79 Å². The normalized spacial score (nSPS) is 11.3. The summed E-state index contributed by atoms with van der Waals surface area (Å²) in [7, 11) is -3.61. The third-order valence-corrected chi connectivity index (χ3v) is 5.81. The van der Waals surface area contributed by atoms with Crippen LogP contribution in [0.3, 0.4) is 0 Å². The van der Waals surface area contributed by atoms with E-state index in [-0.39, 0.29) is 10.8 Å². The molecule has 0 fully saturated rings. The van der Waals surface area contributed by atoms with Crippen LogP contribution in [0.5, 0.6) is 0 Å². The fourth-order valence-corrected chi connectivity index (χ4v) is 3.89. The minimum Gasteiger partial charge on any atom is -0.335 e. The number of sulfonamides is 1. The first kappa shape index (κ1) is 21.1. The van der Waals surface area contributed by atoms with E-state index in [0.717, 1.165) is 24.8 Å². The number of nitrogens with one attached hydrogen (secondary N) is 1. The maximum atomic E-state index is 12.9. The molecule has 0 unspecified atom stereocenters. The highest BCUT2D eigenvalue weighted by Gasteiger charge is 2.19. The molecule has 1 N–H and O–H groups in total. The Balaban J connectivity index is 2.13. The van der Waals surface area contributed by atoms with Crippen LogP contribution < -0.4 is 4.72 Å². The number of benzene rings is 2. The maximum Gasteiger partial charge on any atom is 0.254 e. The Morgan fingerprint density at radius 3 is 2.41 bits per heavy atom. The second kappa shape index (κ2) is 10.2. The summed E-state index contributed by atoms with van der Waals surface area (Å²) in [6.45, 7) is 5.42. The molecule has 5 nitrogen and oxygen atoms in total. The molecular formula is C21H28N2O3S. The molecule has 0 radical (unpaired) electrons. The monoisotopic (exact) mass is 388 g/mol. The van der Waals surface area contributed by atoms with Crippen molar-refractivity contribution in [2.45, 2.75) is 44.6 Å². The van der Waals surface area contributed by atoms with Crippen molar-refractivity contribution in [2.24, 2.45) is 0 Å². The molecule has 0 saturated carbocycles. The zero-order chi connectivity index (χ0) is 19.7. The molecule has 0 saturated heterocycles. The second-order valence-corrected chi connectivity index (χ2v) is 8.20. The van der Waals surface area contributed by atoms with Crippen molar-refractivity contribution >= 4 is 15.9 Å². The first-order valence-electron chi connectivity index (χ1n) is 9.41. The number of amides is 1. The van der Waals surface area contributed by atoms with E-state index in [2.05, 4.69) is 11.6 Å². The molecule has 6 heteroatoms. The van der Waals surface area contributed by atoms with E-state index in [0.29, 0.717) is 25.2 Å². The minimum atomic E-state index is -3.61. The van der Waals surface area contributed by atoms with Crippen LogP contribution in [0.25, 0.3) is 0 Å². The molecule has 0 bridgehead atoms. The van der Waals surface area contributed by atoms with Crippen LogP contribution >= 0.6 is 0 Å². The standard InChI is InChI=1S/C21H28N2O3S/c1-3-5-9-15-22-27(25,26)20-14-10-13-19(16-20)21(24)23(4-2)17-18-11-7-6-8-12-18/h6-8,10-14,16,22H,3-5,9,15,17H2,1-2H3. The Morgan fingerprint density at radius 1 is 1.00 bits per heavy atom. The van der Waals surface area contributed by atoms with Gasteiger partial charge < -0.3 is 4.90 Å². The molecule has 0 aromatic heterocycles. The summed E-state index contributed by atoms with van der Waals surface area (Å²) in [4.78, 5) is 14.7. The molecular weight excluding hydrogens is 360 g/mol. The minimum absolute atomic E-state index is 0.126. The lowest BCUT2D eigenvalue weighted by Gasteiger charge is -2.21. The zero-order valence-electron chi connectivity index (χ0n) is 16.0. The van der Waals surface area contributed by atoms with Crippen molar-refractivity contribution in [3.05, 3.63) is 65.7 Å². The van der Waals surface area contributed by atoms with Crippen molar-refractivity contribution in [1.82, 2.24) is 9.62 Å². The molecule has 0 spiro atoms. The van der Waals surface area contributed by atoms with Crippen LogP contribution in [0.1, 0.15) is 49.0 Å². The van der Waals surface area contributed by atoms with E-state index in [1.807, 2.05) is 37.3 Å². The number of nitrogens with zero attached hydrogens (tertiary/aromatic N) is 1. The lowest BCUT2D eigenvalue weighted by atomic mass is 10.1. The van der Waals surface area contributed by atoms with E-state index in [4.69, 9.17) is 0 Å². The largest absolute Gasteiger partial charge is 0.335 e. The van der Waals surface area contributed by atoms with E-state index in [1.54, 1.807) is 17.0 Å². The van der Waals surface area contributed by atoms with Crippen molar-refractivity contribution in [1.29, 1.82) is 0 Å². The highest BCUT2D eigenvalue weighted by atomic mass is 32.2. The summed E-state index contributed by atoms with van der Waals surface area (Å²) in [5.74, 6) is -0.176. The van der Waals surface area contributed by atoms with Gasteiger partial charge in [-0.2, -0.15) is 0 Å². The van der Waals surface area contributed by atoms with E-state index >= 15 is 0 Å². The Bertz CT molecular complexity index is 836. The third kappa shape index (κ3) is 6.19. The number of hydrogen-bond donors (Lipinski definition) is 1. The van der Waals surface area contributed by atoms with Gasteiger partial charge in [0.2, 0.25) is 10.0 Å². The van der Waals surface area contributed by atoms with Crippen LogP contribution in [-0.4, -0.2) is 32.3 Å². The second-order valence-electron chi connectivity index (χ2n) is 6.44. The Morgan fingerprint density at radius 2 is 1.74 bits per heavy atom. The van der Waals surface area contributed by atoms with E-state index in [1.165, 1.54) is 12.1 Å². The van der Waals surface area contributed by atoms with Gasteiger partial charge in [0.1, 0.15) is 0 Å². The Kier molecular flexibility index (Phi) is 8.00. The number of carbonyl (C=O) groups is 1. The summed E-state index contributed by atoms with van der Waals surface area (Å²) in [5, 5.41) is 0. The highest BCUT2D eigenvalue weighted by Crippen LogP contribution is 2.15. The SMILES string of the molecule is CCCCCNS(=O)(=O)c1cccc(C(=O)N(CC)Cc2ccccc2)c1. The number of carbonyl (C=O) groups excluding carboxylic acids is 1. The van der Waals surface area contributed by atoms with Crippen LogP contribution in [0.2, 0.25) is 0 Å². The van der Waals surface area contributed by atoms with Gasteiger partial charge in [-0.25, -0.2) is 13.1 Å². The lowest BCUT2D eigenvalue weighted by Crippen LogP contribution is -2.30. The van der Waals surface area contributed by atoms with Gasteiger partial charge >= 0.3 is 0 Å². The number of rotatable bonds is 10. The molecule has 0 aliphatic rings. The van der Waals surface area contributed by atoms with Crippen LogP contribution in [0.15, 0.2) is 59.5 Å². The molecule has 0 atom stereocenters. The van der Waals surface area contributed by atoms with E-state index in [9.17, 15) is 13.2 Å². The van der Waals surface area contributed by atoms with Gasteiger partial charge in [-0.1, -0.05) is 56.2 Å². The molecule has 2 aromatic rings. The van der Waals surface area contributed by atoms with Crippen molar-refractivity contribution in [2.75, 3.05) is 13.1 Å².